The molecule has 0 fully saturated rings. The van der Waals surface area contributed by atoms with Crippen molar-refractivity contribution in [1.29, 1.82) is 5.26 Å². The summed E-state index contributed by atoms with van der Waals surface area (Å²) in [7, 11) is -2.32. The molecule has 0 aliphatic heterocycles. The lowest BCUT2D eigenvalue weighted by Gasteiger charge is -2.17. The molecule has 0 N–H and O–H groups in total. The first kappa shape index (κ1) is 31.2. The summed E-state index contributed by atoms with van der Waals surface area (Å²) in [6.07, 6.45) is 3.51. The van der Waals surface area contributed by atoms with Crippen LogP contribution in [-0.4, -0.2) is 54.2 Å². The first-order valence-electron chi connectivity index (χ1n) is 13.0. The molecule has 0 aliphatic carbocycles. The standard InChI is InChI=1S/C29H34N2O4S4/c1-3-5-15-38(33)21-23(39(34)16-6-4-2)19-35-28(32)20-37-29-25(18-30)24(22-11-8-7-9-12-22)17-26(31-29)27-13-10-14-36-27/h7-14,17,23H,3-6,15-16,19-21H2,1-2H3. The van der Waals surface area contributed by atoms with Gasteiger partial charge >= 0.3 is 5.97 Å². The average Bonchev–Trinajstić information content (AvgIpc) is 3.51. The number of esters is 1. The SMILES string of the molecule is CCCCS(=O)CC(COC(=O)CSc1nc(-c2cccs2)cc(-c2ccccc2)c1C#N)S(=O)CCCC. The monoisotopic (exact) mass is 602 g/mol. The van der Waals surface area contributed by atoms with Gasteiger partial charge in [0.15, 0.2) is 0 Å². The van der Waals surface area contributed by atoms with E-state index in [1.165, 1.54) is 0 Å². The van der Waals surface area contributed by atoms with Crippen LogP contribution in [-0.2, 0) is 31.1 Å². The summed E-state index contributed by atoms with van der Waals surface area (Å²) >= 11 is 2.72. The highest BCUT2D eigenvalue weighted by Crippen LogP contribution is 2.35. The number of rotatable bonds is 16. The predicted molar refractivity (Wildman–Crippen MR) is 164 cm³/mol. The zero-order valence-corrected chi connectivity index (χ0v) is 25.6. The lowest BCUT2D eigenvalue weighted by atomic mass is 10.0. The summed E-state index contributed by atoms with van der Waals surface area (Å²) in [6.45, 7) is 4.04. The Morgan fingerprint density at radius 3 is 2.51 bits per heavy atom. The van der Waals surface area contributed by atoms with E-state index in [1.807, 2.05) is 67.8 Å². The van der Waals surface area contributed by atoms with Crippen molar-refractivity contribution in [2.24, 2.45) is 0 Å². The summed E-state index contributed by atoms with van der Waals surface area (Å²) < 4.78 is 30.9. The van der Waals surface area contributed by atoms with Crippen LogP contribution in [0.15, 0.2) is 58.9 Å². The second-order valence-corrected chi connectivity index (χ2v) is 14.3. The Labute approximate surface area is 244 Å². The van der Waals surface area contributed by atoms with E-state index in [-0.39, 0.29) is 18.1 Å². The van der Waals surface area contributed by atoms with Gasteiger partial charge in [-0.2, -0.15) is 5.26 Å². The van der Waals surface area contributed by atoms with Gasteiger partial charge in [-0.15, -0.1) is 11.3 Å². The Morgan fingerprint density at radius 1 is 1.10 bits per heavy atom. The zero-order chi connectivity index (χ0) is 28.0. The highest BCUT2D eigenvalue weighted by molar-refractivity contribution is 8.00. The number of carbonyl (C=O) groups excluding carboxylic acids is 1. The van der Waals surface area contributed by atoms with Gasteiger partial charge < -0.3 is 4.74 Å². The molecule has 3 atom stereocenters. The van der Waals surface area contributed by atoms with Crippen LogP contribution in [0, 0.1) is 11.3 Å². The quantitative estimate of drug-likeness (QED) is 0.137. The van der Waals surface area contributed by atoms with Crippen LogP contribution in [0.3, 0.4) is 0 Å². The van der Waals surface area contributed by atoms with E-state index < -0.39 is 32.8 Å². The van der Waals surface area contributed by atoms with Gasteiger partial charge in [0.2, 0.25) is 0 Å². The molecule has 208 valence electrons. The van der Waals surface area contributed by atoms with Gasteiger partial charge in [-0.05, 0) is 35.9 Å². The molecule has 6 nitrogen and oxygen atoms in total. The number of benzene rings is 1. The van der Waals surface area contributed by atoms with Crippen molar-refractivity contribution in [3.05, 3.63) is 59.5 Å². The molecule has 39 heavy (non-hydrogen) atoms. The summed E-state index contributed by atoms with van der Waals surface area (Å²) in [5.74, 6) is 0.808. The largest absolute Gasteiger partial charge is 0.464 e. The Bertz CT molecular complexity index is 1290. The van der Waals surface area contributed by atoms with E-state index >= 15 is 0 Å². The molecule has 0 saturated carbocycles. The van der Waals surface area contributed by atoms with Crippen LogP contribution in [0.1, 0.15) is 45.1 Å². The van der Waals surface area contributed by atoms with Crippen LogP contribution < -0.4 is 0 Å². The van der Waals surface area contributed by atoms with Crippen LogP contribution in [0.2, 0.25) is 0 Å². The van der Waals surface area contributed by atoms with Crippen molar-refractivity contribution in [2.45, 2.75) is 49.8 Å². The van der Waals surface area contributed by atoms with Crippen LogP contribution in [0.4, 0.5) is 0 Å². The number of thioether (sulfide) groups is 1. The first-order valence-corrected chi connectivity index (χ1v) is 17.7. The van der Waals surface area contributed by atoms with Crippen molar-refractivity contribution in [3.8, 4) is 27.8 Å². The maximum atomic E-state index is 12.8. The van der Waals surface area contributed by atoms with Crippen molar-refractivity contribution in [1.82, 2.24) is 4.98 Å². The van der Waals surface area contributed by atoms with Crippen molar-refractivity contribution >= 4 is 50.7 Å². The normalized spacial score (nSPS) is 13.4. The Balaban J connectivity index is 1.74. The zero-order valence-electron chi connectivity index (χ0n) is 22.3. The fourth-order valence-electron chi connectivity index (χ4n) is 3.73. The third-order valence-corrected chi connectivity index (χ3v) is 11.2. The van der Waals surface area contributed by atoms with Gasteiger partial charge in [0.05, 0.1) is 27.1 Å². The Hall–Kier alpha value is -2.32. The van der Waals surface area contributed by atoms with E-state index in [9.17, 15) is 18.5 Å². The molecule has 0 aliphatic rings. The molecule has 3 rings (SSSR count). The second kappa shape index (κ2) is 16.7. The number of carbonyl (C=O) groups is 1. The molecular weight excluding hydrogens is 569 g/mol. The summed E-state index contributed by atoms with van der Waals surface area (Å²) in [5.41, 5.74) is 2.80. The van der Waals surface area contributed by atoms with E-state index in [0.717, 1.165) is 59.1 Å². The summed E-state index contributed by atoms with van der Waals surface area (Å²) in [4.78, 5) is 18.4. The number of nitriles is 1. The van der Waals surface area contributed by atoms with Gasteiger partial charge in [-0.1, -0.05) is 74.8 Å². The minimum absolute atomic E-state index is 0.0311. The molecule has 0 bridgehead atoms. The van der Waals surface area contributed by atoms with Crippen LogP contribution >= 0.6 is 23.1 Å². The second-order valence-electron chi connectivity index (χ2n) is 8.89. The van der Waals surface area contributed by atoms with E-state index in [1.54, 1.807) is 11.3 Å². The number of hydrogen-bond donors (Lipinski definition) is 0. The highest BCUT2D eigenvalue weighted by Gasteiger charge is 2.22. The molecule has 3 unspecified atom stereocenters. The van der Waals surface area contributed by atoms with Gasteiger partial charge in [0, 0.05) is 44.4 Å². The number of aromatic nitrogens is 1. The number of nitrogens with zero attached hydrogens (tertiary/aromatic N) is 2. The summed E-state index contributed by atoms with van der Waals surface area (Å²) in [6, 6.07) is 17.8. The van der Waals surface area contributed by atoms with E-state index in [0.29, 0.717) is 22.1 Å². The molecule has 0 saturated heterocycles. The fraction of sp³-hybridized carbons (Fsp3) is 0.414. The van der Waals surface area contributed by atoms with Gasteiger partial charge in [0.25, 0.3) is 0 Å². The first-order chi connectivity index (χ1) is 19.0. The molecule has 2 heterocycles. The number of thiophene rings is 1. The maximum Gasteiger partial charge on any atom is 0.316 e. The topological polar surface area (TPSA) is 97.1 Å². The van der Waals surface area contributed by atoms with Crippen LogP contribution in [0.25, 0.3) is 21.7 Å². The third-order valence-electron chi connectivity index (χ3n) is 5.88. The maximum absolute atomic E-state index is 12.8. The lowest BCUT2D eigenvalue weighted by Crippen LogP contribution is -2.31. The Kier molecular flexibility index (Phi) is 13.4. The van der Waals surface area contributed by atoms with Gasteiger partial charge in [0.1, 0.15) is 17.7 Å². The molecule has 0 spiro atoms. The minimum atomic E-state index is -1.22. The molecule has 2 aromatic heterocycles. The molecular formula is C29H34N2O4S4. The Morgan fingerprint density at radius 2 is 1.85 bits per heavy atom. The van der Waals surface area contributed by atoms with Crippen molar-refractivity contribution in [2.75, 3.05) is 29.6 Å². The van der Waals surface area contributed by atoms with E-state index in [4.69, 9.17) is 9.72 Å². The number of unbranched alkanes of at least 4 members (excludes halogenated alkanes) is 2. The molecule has 3 aromatic rings. The fourth-order valence-corrected chi connectivity index (χ4v) is 8.70. The summed E-state index contributed by atoms with van der Waals surface area (Å²) in [5, 5.41) is 12.0. The predicted octanol–water partition coefficient (Wildman–Crippen LogP) is 6.45. The number of pyridine rings is 1. The third kappa shape index (κ3) is 9.67. The van der Waals surface area contributed by atoms with Gasteiger partial charge in [-0.3, -0.25) is 13.2 Å². The van der Waals surface area contributed by atoms with Crippen molar-refractivity contribution in [3.63, 3.8) is 0 Å². The van der Waals surface area contributed by atoms with Gasteiger partial charge in [-0.25, -0.2) is 4.98 Å². The smallest absolute Gasteiger partial charge is 0.316 e. The molecule has 0 amide bonds. The molecule has 10 heteroatoms. The highest BCUT2D eigenvalue weighted by atomic mass is 32.2. The minimum Gasteiger partial charge on any atom is -0.464 e. The van der Waals surface area contributed by atoms with E-state index in [2.05, 4.69) is 6.07 Å². The van der Waals surface area contributed by atoms with Crippen molar-refractivity contribution < 1.29 is 17.9 Å². The molecule has 1 aromatic carbocycles. The molecule has 0 radical (unpaired) electrons. The number of hydrogen-bond acceptors (Lipinski definition) is 8. The van der Waals surface area contributed by atoms with Crippen LogP contribution in [0.5, 0.6) is 0 Å². The number of ether oxygens (including phenoxy) is 1. The lowest BCUT2D eigenvalue weighted by molar-refractivity contribution is -0.140. The average molecular weight is 603 g/mol.